The molecular weight excluding hydrogens is 357 g/mol. The Morgan fingerprint density at radius 2 is 2.04 bits per heavy atom. The van der Waals surface area contributed by atoms with Crippen LogP contribution in [0.3, 0.4) is 0 Å². The van der Waals surface area contributed by atoms with Crippen molar-refractivity contribution in [3.05, 3.63) is 45.5 Å². The SMILES string of the molecule is Cc1cc(F)c(-c2cc(C3CN(C(=O)OC(C)(C)C)C3)on2)cc1[N+](=O)[O-]. The number of nitro benzene ring substituents is 1. The maximum absolute atomic E-state index is 14.2. The summed E-state index contributed by atoms with van der Waals surface area (Å²) in [6, 6.07) is 3.81. The average Bonchev–Trinajstić information content (AvgIpc) is 2.92. The molecule has 144 valence electrons. The van der Waals surface area contributed by atoms with Gasteiger partial charge in [-0.1, -0.05) is 5.16 Å². The lowest BCUT2D eigenvalue weighted by Gasteiger charge is -2.38. The number of nitrogens with zero attached hydrogens (tertiary/aromatic N) is 3. The number of nitro groups is 1. The highest BCUT2D eigenvalue weighted by Gasteiger charge is 2.37. The normalized spacial score (nSPS) is 14.8. The lowest BCUT2D eigenvalue weighted by atomic mass is 9.97. The number of amides is 1. The van der Waals surface area contributed by atoms with E-state index in [2.05, 4.69) is 5.16 Å². The number of likely N-dealkylation sites (tertiary alicyclic amines) is 1. The number of aromatic nitrogens is 1. The molecule has 0 radical (unpaired) electrons. The van der Waals surface area contributed by atoms with Crippen molar-refractivity contribution in [3.63, 3.8) is 0 Å². The Bertz CT molecular complexity index is 897. The number of hydrogen-bond donors (Lipinski definition) is 0. The first-order valence-electron chi connectivity index (χ1n) is 8.44. The van der Waals surface area contributed by atoms with Crippen LogP contribution in [0, 0.1) is 22.9 Å². The molecule has 3 rings (SSSR count). The number of aryl methyl sites for hydroxylation is 1. The van der Waals surface area contributed by atoms with Gasteiger partial charge < -0.3 is 14.2 Å². The third-order valence-electron chi connectivity index (χ3n) is 4.22. The molecule has 1 amide bonds. The molecule has 1 aromatic carbocycles. The van der Waals surface area contributed by atoms with Crippen molar-refractivity contribution in [2.24, 2.45) is 0 Å². The highest BCUT2D eigenvalue weighted by atomic mass is 19.1. The molecule has 2 heterocycles. The molecular formula is C18H20FN3O5. The van der Waals surface area contributed by atoms with Gasteiger partial charge in [-0.2, -0.15) is 0 Å². The number of rotatable bonds is 3. The van der Waals surface area contributed by atoms with Gasteiger partial charge in [-0.25, -0.2) is 9.18 Å². The summed E-state index contributed by atoms with van der Waals surface area (Å²) >= 11 is 0. The van der Waals surface area contributed by atoms with Crippen LogP contribution >= 0.6 is 0 Å². The van der Waals surface area contributed by atoms with Crippen LogP contribution in [-0.4, -0.2) is 39.8 Å². The van der Waals surface area contributed by atoms with E-state index < -0.39 is 22.4 Å². The highest BCUT2D eigenvalue weighted by molar-refractivity contribution is 5.70. The van der Waals surface area contributed by atoms with Crippen LogP contribution in [0.25, 0.3) is 11.3 Å². The van der Waals surface area contributed by atoms with Crippen LogP contribution in [0.5, 0.6) is 0 Å². The zero-order chi connectivity index (χ0) is 19.9. The van der Waals surface area contributed by atoms with Gasteiger partial charge >= 0.3 is 6.09 Å². The van der Waals surface area contributed by atoms with Gasteiger partial charge in [-0.05, 0) is 33.8 Å². The van der Waals surface area contributed by atoms with E-state index in [1.165, 1.54) is 11.8 Å². The van der Waals surface area contributed by atoms with Gasteiger partial charge in [-0.3, -0.25) is 10.1 Å². The molecule has 1 fully saturated rings. The van der Waals surface area contributed by atoms with Gasteiger partial charge in [0, 0.05) is 36.3 Å². The number of benzene rings is 1. The van der Waals surface area contributed by atoms with Crippen molar-refractivity contribution in [1.82, 2.24) is 10.1 Å². The van der Waals surface area contributed by atoms with Gasteiger partial charge in [0.1, 0.15) is 22.9 Å². The molecule has 1 aliphatic heterocycles. The van der Waals surface area contributed by atoms with Crippen molar-refractivity contribution in [3.8, 4) is 11.3 Å². The highest BCUT2D eigenvalue weighted by Crippen LogP contribution is 2.34. The predicted octanol–water partition coefficient (Wildman–Crippen LogP) is 4.03. The summed E-state index contributed by atoms with van der Waals surface area (Å²) in [5.41, 5.74) is -0.334. The molecule has 0 N–H and O–H groups in total. The minimum absolute atomic E-state index is 0.00521. The molecule has 1 aromatic heterocycles. The van der Waals surface area contributed by atoms with Crippen molar-refractivity contribution in [1.29, 1.82) is 0 Å². The predicted molar refractivity (Wildman–Crippen MR) is 93.8 cm³/mol. The second kappa shape index (κ2) is 6.64. The minimum atomic E-state index is -0.609. The fraction of sp³-hybridized carbons (Fsp3) is 0.444. The quantitative estimate of drug-likeness (QED) is 0.591. The summed E-state index contributed by atoms with van der Waals surface area (Å²) in [5.74, 6) is -0.198. The van der Waals surface area contributed by atoms with E-state index >= 15 is 0 Å². The topological polar surface area (TPSA) is 98.7 Å². The van der Waals surface area contributed by atoms with E-state index in [9.17, 15) is 19.3 Å². The number of hydrogen-bond acceptors (Lipinski definition) is 6. The lowest BCUT2D eigenvalue weighted by Crippen LogP contribution is -2.50. The summed E-state index contributed by atoms with van der Waals surface area (Å²) in [7, 11) is 0. The zero-order valence-electron chi connectivity index (χ0n) is 15.5. The monoisotopic (exact) mass is 377 g/mol. The second-order valence-electron chi connectivity index (χ2n) is 7.57. The molecule has 1 saturated heterocycles. The van der Waals surface area contributed by atoms with E-state index in [4.69, 9.17) is 9.26 Å². The summed E-state index contributed by atoms with van der Waals surface area (Å²) < 4.78 is 24.8. The Morgan fingerprint density at radius 3 is 2.63 bits per heavy atom. The van der Waals surface area contributed by atoms with Gasteiger partial charge in [-0.15, -0.1) is 0 Å². The third-order valence-corrected chi connectivity index (χ3v) is 4.22. The third kappa shape index (κ3) is 3.91. The van der Waals surface area contributed by atoms with Crippen LogP contribution in [0.4, 0.5) is 14.9 Å². The first kappa shape index (κ1) is 18.8. The summed E-state index contributed by atoms with van der Waals surface area (Å²) in [5, 5.41) is 14.9. The van der Waals surface area contributed by atoms with Crippen LogP contribution in [0.15, 0.2) is 22.7 Å². The summed E-state index contributed by atoms with van der Waals surface area (Å²) in [6.45, 7) is 7.65. The Hall–Kier alpha value is -2.97. The molecule has 8 nitrogen and oxygen atoms in total. The molecule has 0 saturated carbocycles. The largest absolute Gasteiger partial charge is 0.444 e. The summed E-state index contributed by atoms with van der Waals surface area (Å²) in [6.07, 6.45) is -0.404. The Morgan fingerprint density at radius 1 is 1.37 bits per heavy atom. The second-order valence-corrected chi connectivity index (χ2v) is 7.57. The molecule has 1 aliphatic rings. The van der Waals surface area contributed by atoms with Crippen LogP contribution in [-0.2, 0) is 4.74 Å². The standard InChI is InChI=1S/C18H20FN3O5/c1-10-5-13(19)12(6-15(10)22(24)25)14-7-16(27-20-14)11-8-21(9-11)17(23)26-18(2,3)4/h5-7,11H,8-9H2,1-4H3. The lowest BCUT2D eigenvalue weighted by molar-refractivity contribution is -0.385. The molecule has 0 atom stereocenters. The molecule has 2 aromatic rings. The van der Waals surface area contributed by atoms with Gasteiger partial charge in [0.2, 0.25) is 0 Å². The molecule has 0 bridgehead atoms. The Labute approximate surface area is 155 Å². The van der Waals surface area contributed by atoms with Crippen LogP contribution in [0.2, 0.25) is 0 Å². The van der Waals surface area contributed by atoms with E-state index in [0.29, 0.717) is 18.8 Å². The molecule has 0 spiro atoms. The van der Waals surface area contributed by atoms with Gasteiger partial charge in [0.05, 0.1) is 10.8 Å². The van der Waals surface area contributed by atoms with E-state index in [1.54, 1.807) is 26.8 Å². The van der Waals surface area contributed by atoms with Gasteiger partial charge in [0.15, 0.2) is 0 Å². The Kier molecular flexibility index (Phi) is 4.63. The first-order valence-corrected chi connectivity index (χ1v) is 8.44. The fourth-order valence-electron chi connectivity index (χ4n) is 2.80. The zero-order valence-corrected chi connectivity index (χ0v) is 15.5. The van der Waals surface area contributed by atoms with Crippen LogP contribution in [0.1, 0.15) is 38.0 Å². The fourth-order valence-corrected chi connectivity index (χ4v) is 2.80. The average molecular weight is 377 g/mol. The number of carbonyl (C=O) groups is 1. The molecule has 0 aliphatic carbocycles. The van der Waals surface area contributed by atoms with Crippen molar-refractivity contribution < 1.29 is 23.4 Å². The molecule has 9 heteroatoms. The Balaban J connectivity index is 1.73. The van der Waals surface area contributed by atoms with Crippen molar-refractivity contribution in [2.75, 3.05) is 13.1 Å². The van der Waals surface area contributed by atoms with Crippen molar-refractivity contribution >= 4 is 11.8 Å². The first-order chi connectivity index (χ1) is 12.5. The number of halogens is 1. The minimum Gasteiger partial charge on any atom is -0.444 e. The maximum atomic E-state index is 14.2. The maximum Gasteiger partial charge on any atom is 0.410 e. The smallest absolute Gasteiger partial charge is 0.410 e. The molecule has 27 heavy (non-hydrogen) atoms. The molecule has 0 unspecified atom stereocenters. The van der Waals surface area contributed by atoms with Crippen LogP contribution < -0.4 is 0 Å². The van der Waals surface area contributed by atoms with E-state index in [1.807, 2.05) is 0 Å². The van der Waals surface area contributed by atoms with E-state index in [0.717, 1.165) is 12.1 Å². The number of carbonyl (C=O) groups excluding carboxylic acids is 1. The number of ether oxygens (including phenoxy) is 1. The van der Waals surface area contributed by atoms with Gasteiger partial charge in [0.25, 0.3) is 5.69 Å². The summed E-state index contributed by atoms with van der Waals surface area (Å²) in [4.78, 5) is 24.0. The van der Waals surface area contributed by atoms with Crippen molar-refractivity contribution in [2.45, 2.75) is 39.2 Å². The van der Waals surface area contributed by atoms with E-state index in [-0.39, 0.29) is 28.4 Å².